The third kappa shape index (κ3) is 5.61. The summed E-state index contributed by atoms with van der Waals surface area (Å²) in [7, 11) is 0. The Kier molecular flexibility index (Phi) is 7.34. The number of benzene rings is 2. The summed E-state index contributed by atoms with van der Waals surface area (Å²) in [5, 5.41) is 4.16. The van der Waals surface area contributed by atoms with E-state index in [0.29, 0.717) is 10.5 Å². The average molecular weight is 380 g/mol. The Balaban J connectivity index is 2.43. The Bertz CT molecular complexity index is 648. The molecule has 0 saturated carbocycles. The van der Waals surface area contributed by atoms with E-state index >= 15 is 0 Å². The second kappa shape index (κ2) is 9.03. The largest absolute Gasteiger partial charge is 0.370 e. The minimum absolute atomic E-state index is 0.208. The van der Waals surface area contributed by atoms with Crippen LogP contribution in [-0.2, 0) is 4.57 Å². The van der Waals surface area contributed by atoms with Crippen molar-refractivity contribution in [3.63, 3.8) is 0 Å². The molecule has 0 aliphatic carbocycles. The van der Waals surface area contributed by atoms with Gasteiger partial charge in [-0.25, -0.2) is 0 Å². The molecule has 1 unspecified atom stereocenters. The molecule has 1 atom stereocenters. The summed E-state index contributed by atoms with van der Waals surface area (Å²) < 4.78 is 14.0. The summed E-state index contributed by atoms with van der Waals surface area (Å²) in [4.78, 5) is 0. The first-order valence-electron chi connectivity index (χ1n) is 8.24. The van der Waals surface area contributed by atoms with E-state index in [1.54, 1.807) is 22.8 Å². The van der Waals surface area contributed by atoms with Crippen LogP contribution in [0.4, 0.5) is 5.69 Å². The van der Waals surface area contributed by atoms with Crippen LogP contribution >= 0.6 is 28.3 Å². The van der Waals surface area contributed by atoms with Gasteiger partial charge in [-0.1, -0.05) is 99.0 Å². The summed E-state index contributed by atoms with van der Waals surface area (Å²) in [5.74, 6) is -0.208. The number of nitrogens with one attached hydrogen (secondary N) is 1. The number of anilines is 1. The van der Waals surface area contributed by atoms with Crippen molar-refractivity contribution >= 4 is 34.0 Å². The minimum Gasteiger partial charge on any atom is -0.370 e. The van der Waals surface area contributed by atoms with Crippen LogP contribution in [0.2, 0.25) is 0 Å². The van der Waals surface area contributed by atoms with Gasteiger partial charge in [0.2, 0.25) is 5.55 Å². The lowest BCUT2D eigenvalue weighted by atomic mass is 10.2. The molecule has 0 bridgehead atoms. The fourth-order valence-corrected chi connectivity index (χ4v) is 13.7. The van der Waals surface area contributed by atoms with Crippen LogP contribution in [0, 0.1) is 0 Å². The van der Waals surface area contributed by atoms with Crippen molar-refractivity contribution in [2.45, 2.75) is 44.0 Å². The van der Waals surface area contributed by atoms with Crippen LogP contribution in [-0.4, -0.2) is 10.5 Å². The first-order chi connectivity index (χ1) is 11.4. The van der Waals surface area contributed by atoms with Gasteiger partial charge in [-0.15, -0.1) is 0 Å². The molecule has 0 saturated heterocycles. The molecule has 0 spiro atoms. The van der Waals surface area contributed by atoms with Crippen molar-refractivity contribution in [1.82, 2.24) is 0 Å². The summed E-state index contributed by atoms with van der Waals surface area (Å²) >= 11 is 3.22. The summed E-state index contributed by atoms with van der Waals surface area (Å²) in [6, 6.07) is 20.2. The Hall–Kier alpha value is -0.830. The molecule has 0 amide bonds. The van der Waals surface area contributed by atoms with E-state index in [9.17, 15) is 4.57 Å². The topological polar surface area (TPSA) is 29.1 Å². The maximum absolute atomic E-state index is 14.0. The van der Waals surface area contributed by atoms with Gasteiger partial charge in [0, 0.05) is 16.2 Å². The van der Waals surface area contributed by atoms with E-state index in [4.69, 9.17) is 0 Å². The average Bonchev–Trinajstić information content (AvgIpc) is 2.52. The van der Waals surface area contributed by atoms with Gasteiger partial charge in [0.1, 0.15) is 5.78 Å². The monoisotopic (exact) mass is 379 g/mol. The summed E-state index contributed by atoms with van der Waals surface area (Å²) in [6.07, 6.45) is 0. The van der Waals surface area contributed by atoms with Gasteiger partial charge in [0.15, 0.2) is 0 Å². The molecule has 0 aliphatic heterocycles. The second-order valence-corrected chi connectivity index (χ2v) is 15.3. The molecule has 2 aromatic carbocycles. The first kappa shape index (κ1) is 19.5. The van der Waals surface area contributed by atoms with Crippen molar-refractivity contribution in [3.05, 3.63) is 66.2 Å². The van der Waals surface area contributed by atoms with Gasteiger partial charge < -0.3 is 5.32 Å². The molecule has 0 aliphatic rings. The summed E-state index contributed by atoms with van der Waals surface area (Å²) in [5.41, 5.74) is -0.532. The quantitative estimate of drug-likeness (QED) is 0.488. The van der Waals surface area contributed by atoms with E-state index < -0.39 is 5.55 Å². The molecule has 0 aromatic heterocycles. The SMILES string of the molecule is CC(C)SP(=O)(SC(C)C)C(Nc1ccccc1)c1ccccc1. The van der Waals surface area contributed by atoms with Crippen molar-refractivity contribution < 1.29 is 4.57 Å². The predicted molar refractivity (Wildman–Crippen MR) is 112 cm³/mol. The van der Waals surface area contributed by atoms with Crippen molar-refractivity contribution in [2.75, 3.05) is 5.32 Å². The molecule has 2 rings (SSSR count). The third-order valence-corrected chi connectivity index (χ3v) is 12.8. The Morgan fingerprint density at radius 2 is 1.25 bits per heavy atom. The van der Waals surface area contributed by atoms with E-state index in [-0.39, 0.29) is 5.78 Å². The summed E-state index contributed by atoms with van der Waals surface area (Å²) in [6.45, 7) is 8.46. The number of para-hydroxylation sites is 1. The molecule has 0 fully saturated rings. The zero-order chi connectivity index (χ0) is 17.6. The molecular weight excluding hydrogens is 353 g/mol. The molecule has 2 nitrogen and oxygen atoms in total. The maximum atomic E-state index is 14.0. The highest BCUT2D eigenvalue weighted by atomic mass is 33.1. The van der Waals surface area contributed by atoms with Crippen LogP contribution in [0.15, 0.2) is 60.7 Å². The van der Waals surface area contributed by atoms with Crippen molar-refractivity contribution in [1.29, 1.82) is 0 Å². The molecule has 24 heavy (non-hydrogen) atoms. The molecule has 0 heterocycles. The van der Waals surface area contributed by atoms with E-state index in [1.807, 2.05) is 48.5 Å². The predicted octanol–water partition coefficient (Wildman–Crippen LogP) is 7.27. The van der Waals surface area contributed by atoms with E-state index in [1.165, 1.54) is 0 Å². The van der Waals surface area contributed by atoms with Gasteiger partial charge in [-0.05, 0) is 17.7 Å². The normalized spacial score (nSPS) is 13.2. The van der Waals surface area contributed by atoms with Gasteiger partial charge in [0.25, 0.3) is 0 Å². The van der Waals surface area contributed by atoms with Gasteiger partial charge >= 0.3 is 0 Å². The standard InChI is InChI=1S/C19H26NOPS2/c1-15(2)23-22(21,24-16(3)4)19(17-11-7-5-8-12-17)20-18-13-9-6-10-14-18/h5-16,19-20H,1-4H3. The Labute approximate surface area is 154 Å². The number of rotatable bonds is 8. The lowest BCUT2D eigenvalue weighted by molar-refractivity contribution is 0.588. The molecule has 5 heteroatoms. The fourth-order valence-electron chi connectivity index (χ4n) is 2.41. The van der Waals surface area contributed by atoms with Gasteiger partial charge in [-0.3, -0.25) is 4.57 Å². The lowest BCUT2D eigenvalue weighted by Crippen LogP contribution is -2.11. The highest BCUT2D eigenvalue weighted by Crippen LogP contribution is 2.78. The highest BCUT2D eigenvalue weighted by Gasteiger charge is 2.37. The molecule has 1 N–H and O–H groups in total. The number of hydrogen-bond acceptors (Lipinski definition) is 4. The second-order valence-electron chi connectivity index (χ2n) is 6.17. The lowest BCUT2D eigenvalue weighted by Gasteiger charge is -2.31. The number of hydrogen-bond donors (Lipinski definition) is 1. The first-order valence-corrected chi connectivity index (χ1v) is 13.0. The van der Waals surface area contributed by atoms with Crippen LogP contribution in [0.1, 0.15) is 39.0 Å². The minimum atomic E-state index is -2.61. The molecular formula is C19H26NOPS2. The molecule has 0 radical (unpaired) electrons. The Morgan fingerprint density at radius 3 is 1.71 bits per heavy atom. The third-order valence-electron chi connectivity index (χ3n) is 3.22. The van der Waals surface area contributed by atoms with E-state index in [2.05, 4.69) is 45.1 Å². The van der Waals surface area contributed by atoms with Crippen LogP contribution in [0.3, 0.4) is 0 Å². The smallest absolute Gasteiger partial charge is 0.217 e. The van der Waals surface area contributed by atoms with E-state index in [0.717, 1.165) is 11.3 Å². The molecule has 130 valence electrons. The molecule has 2 aromatic rings. The zero-order valence-electron chi connectivity index (χ0n) is 14.7. The van der Waals surface area contributed by atoms with Crippen LogP contribution in [0.25, 0.3) is 0 Å². The van der Waals surface area contributed by atoms with Gasteiger partial charge in [0.05, 0.1) is 0 Å². The van der Waals surface area contributed by atoms with Crippen molar-refractivity contribution in [3.8, 4) is 0 Å². The Morgan fingerprint density at radius 1 is 0.792 bits per heavy atom. The van der Waals surface area contributed by atoms with Crippen molar-refractivity contribution in [2.24, 2.45) is 0 Å². The fraction of sp³-hybridized carbons (Fsp3) is 0.368. The van der Waals surface area contributed by atoms with Crippen LogP contribution < -0.4 is 5.32 Å². The van der Waals surface area contributed by atoms with Crippen LogP contribution in [0.5, 0.6) is 0 Å². The zero-order valence-corrected chi connectivity index (χ0v) is 17.2. The van der Waals surface area contributed by atoms with Gasteiger partial charge in [-0.2, -0.15) is 0 Å². The maximum Gasteiger partial charge on any atom is 0.217 e. The highest BCUT2D eigenvalue weighted by molar-refractivity contribution is 8.90.